The van der Waals surface area contributed by atoms with Gasteiger partial charge in [-0.05, 0) is 37.0 Å². The largest absolute Gasteiger partial charge is 0.381 e. The monoisotopic (exact) mass is 358 g/mol. The standard InChI is InChI=1S/C20H20ClFN2O/c21-16-6-3-5-15(18(16)22)13-23-19-20(8-10-25-11-9-20)12-14-4-1-2-7-17(14)24-19/h1-7H,8-13H2,(H,23,24). The summed E-state index contributed by atoms with van der Waals surface area (Å²) in [4.78, 5) is 4.78. The van der Waals surface area contributed by atoms with Gasteiger partial charge >= 0.3 is 0 Å². The van der Waals surface area contributed by atoms with Crippen LogP contribution in [-0.2, 0) is 17.7 Å². The lowest BCUT2D eigenvalue weighted by atomic mass is 9.71. The molecule has 5 heteroatoms. The van der Waals surface area contributed by atoms with E-state index < -0.39 is 0 Å². The van der Waals surface area contributed by atoms with Crippen LogP contribution in [-0.4, -0.2) is 19.0 Å². The molecule has 0 aliphatic carbocycles. The van der Waals surface area contributed by atoms with Crippen molar-refractivity contribution in [3.63, 3.8) is 0 Å². The molecule has 1 N–H and O–H groups in total. The Kier molecular flexibility index (Phi) is 4.48. The van der Waals surface area contributed by atoms with E-state index in [1.807, 2.05) is 6.07 Å². The van der Waals surface area contributed by atoms with Gasteiger partial charge in [0.2, 0.25) is 0 Å². The topological polar surface area (TPSA) is 33.6 Å². The van der Waals surface area contributed by atoms with Crippen molar-refractivity contribution in [2.24, 2.45) is 10.4 Å². The number of halogens is 2. The highest BCUT2D eigenvalue weighted by Gasteiger charge is 2.41. The lowest BCUT2D eigenvalue weighted by molar-refractivity contribution is 0.0448. The Morgan fingerprint density at radius 3 is 2.76 bits per heavy atom. The van der Waals surface area contributed by atoms with Gasteiger partial charge < -0.3 is 10.1 Å². The number of para-hydroxylation sites is 1. The molecule has 0 saturated carbocycles. The van der Waals surface area contributed by atoms with Crippen LogP contribution >= 0.6 is 11.6 Å². The number of aliphatic imine (C=N–C) groups is 1. The van der Waals surface area contributed by atoms with E-state index in [0.717, 1.165) is 44.0 Å². The maximum Gasteiger partial charge on any atom is 0.146 e. The van der Waals surface area contributed by atoms with E-state index in [1.165, 1.54) is 5.56 Å². The van der Waals surface area contributed by atoms with Crippen LogP contribution in [0.4, 0.5) is 10.1 Å². The molecule has 2 aromatic carbocycles. The van der Waals surface area contributed by atoms with Crippen LogP contribution < -0.4 is 5.32 Å². The maximum absolute atomic E-state index is 14.2. The third-order valence-electron chi connectivity index (χ3n) is 5.19. The molecule has 0 unspecified atom stereocenters. The number of anilines is 1. The Morgan fingerprint density at radius 1 is 1.12 bits per heavy atom. The average molecular weight is 359 g/mol. The summed E-state index contributed by atoms with van der Waals surface area (Å²) in [6.45, 7) is 1.74. The molecular formula is C20H20ClFN2O. The van der Waals surface area contributed by atoms with Crippen LogP contribution in [0.2, 0.25) is 5.02 Å². The van der Waals surface area contributed by atoms with Crippen LogP contribution in [0.1, 0.15) is 24.0 Å². The summed E-state index contributed by atoms with van der Waals surface area (Å²) in [5.41, 5.74) is 2.85. The number of rotatable bonds is 2. The average Bonchev–Trinajstić information content (AvgIpc) is 2.64. The van der Waals surface area contributed by atoms with Crippen molar-refractivity contribution >= 4 is 23.1 Å². The molecule has 1 spiro atoms. The summed E-state index contributed by atoms with van der Waals surface area (Å²) in [7, 11) is 0. The van der Waals surface area contributed by atoms with Crippen LogP contribution in [0.25, 0.3) is 0 Å². The molecule has 0 amide bonds. The van der Waals surface area contributed by atoms with Crippen molar-refractivity contribution in [2.75, 3.05) is 18.5 Å². The number of hydrogen-bond donors (Lipinski definition) is 1. The van der Waals surface area contributed by atoms with Gasteiger partial charge in [0.25, 0.3) is 0 Å². The lowest BCUT2D eigenvalue weighted by Crippen LogP contribution is -2.45. The molecule has 1 fully saturated rings. The number of fused-ring (bicyclic) bond motifs is 1. The van der Waals surface area contributed by atoms with E-state index in [-0.39, 0.29) is 22.8 Å². The number of hydrogen-bond acceptors (Lipinski definition) is 2. The van der Waals surface area contributed by atoms with E-state index >= 15 is 0 Å². The number of nitrogens with zero attached hydrogens (tertiary/aromatic N) is 1. The zero-order valence-corrected chi connectivity index (χ0v) is 14.7. The number of benzene rings is 2. The highest BCUT2D eigenvalue weighted by atomic mass is 35.5. The Balaban J connectivity index is 1.68. The highest BCUT2D eigenvalue weighted by molar-refractivity contribution is 6.30. The molecular weight excluding hydrogens is 339 g/mol. The van der Waals surface area contributed by atoms with Gasteiger partial charge in [0.15, 0.2) is 0 Å². The molecule has 2 aromatic rings. The van der Waals surface area contributed by atoms with Crippen molar-refractivity contribution < 1.29 is 9.13 Å². The summed E-state index contributed by atoms with van der Waals surface area (Å²) < 4.78 is 19.8. The summed E-state index contributed by atoms with van der Waals surface area (Å²) in [5.74, 6) is 0.555. The van der Waals surface area contributed by atoms with E-state index in [4.69, 9.17) is 21.3 Å². The molecule has 0 radical (unpaired) electrons. The first-order valence-corrected chi connectivity index (χ1v) is 8.96. The maximum atomic E-state index is 14.2. The number of ether oxygens (including phenoxy) is 1. The van der Waals surface area contributed by atoms with Crippen molar-refractivity contribution in [3.8, 4) is 0 Å². The Labute approximate surface area is 151 Å². The molecule has 130 valence electrons. The highest BCUT2D eigenvalue weighted by Crippen LogP contribution is 2.41. The van der Waals surface area contributed by atoms with Crippen molar-refractivity contribution in [3.05, 3.63) is 64.4 Å². The predicted octanol–water partition coefficient (Wildman–Crippen LogP) is 4.84. The third kappa shape index (κ3) is 3.16. The summed E-state index contributed by atoms with van der Waals surface area (Å²) >= 11 is 5.89. The third-order valence-corrected chi connectivity index (χ3v) is 5.48. The second kappa shape index (κ2) is 6.77. The van der Waals surface area contributed by atoms with Crippen molar-refractivity contribution in [2.45, 2.75) is 25.8 Å². The van der Waals surface area contributed by atoms with Gasteiger partial charge in [-0.15, -0.1) is 0 Å². The first kappa shape index (κ1) is 16.6. The van der Waals surface area contributed by atoms with E-state index in [9.17, 15) is 4.39 Å². The molecule has 2 aliphatic heterocycles. The number of amidine groups is 1. The van der Waals surface area contributed by atoms with Crippen LogP contribution in [0.15, 0.2) is 47.5 Å². The van der Waals surface area contributed by atoms with Gasteiger partial charge in [-0.1, -0.05) is 41.9 Å². The van der Waals surface area contributed by atoms with E-state index in [1.54, 1.807) is 18.2 Å². The van der Waals surface area contributed by atoms with Gasteiger partial charge in [-0.25, -0.2) is 4.39 Å². The van der Waals surface area contributed by atoms with Gasteiger partial charge in [0, 0.05) is 29.9 Å². The zero-order chi connectivity index (χ0) is 17.3. The molecule has 3 nitrogen and oxygen atoms in total. The van der Waals surface area contributed by atoms with E-state index in [0.29, 0.717) is 5.56 Å². The van der Waals surface area contributed by atoms with Crippen LogP contribution in [0.3, 0.4) is 0 Å². The molecule has 2 aliphatic rings. The quantitative estimate of drug-likeness (QED) is 0.833. The summed E-state index contributed by atoms with van der Waals surface area (Å²) in [5, 5.41) is 3.64. The van der Waals surface area contributed by atoms with Crippen LogP contribution in [0, 0.1) is 11.2 Å². The summed E-state index contributed by atoms with van der Waals surface area (Å²) in [6.07, 6.45) is 2.78. The van der Waals surface area contributed by atoms with Gasteiger partial charge in [-0.3, -0.25) is 4.99 Å². The Bertz CT molecular complexity index is 815. The lowest BCUT2D eigenvalue weighted by Gasteiger charge is -2.42. The van der Waals surface area contributed by atoms with E-state index in [2.05, 4.69) is 23.5 Å². The smallest absolute Gasteiger partial charge is 0.146 e. The molecule has 4 rings (SSSR count). The van der Waals surface area contributed by atoms with Gasteiger partial charge in [0.1, 0.15) is 11.7 Å². The molecule has 25 heavy (non-hydrogen) atoms. The van der Waals surface area contributed by atoms with Crippen molar-refractivity contribution in [1.82, 2.24) is 0 Å². The second-order valence-electron chi connectivity index (χ2n) is 6.73. The SMILES string of the molecule is Fc1c(Cl)cccc1CN=C1Nc2ccccc2CC12CCOCC2. The Morgan fingerprint density at radius 2 is 1.92 bits per heavy atom. The fourth-order valence-corrected chi connectivity index (χ4v) is 3.92. The molecule has 0 atom stereocenters. The number of nitrogens with one attached hydrogen (secondary N) is 1. The predicted molar refractivity (Wildman–Crippen MR) is 98.8 cm³/mol. The van der Waals surface area contributed by atoms with Crippen LogP contribution in [0.5, 0.6) is 0 Å². The minimum Gasteiger partial charge on any atom is -0.381 e. The minimum absolute atomic E-state index is 0.0539. The first-order valence-electron chi connectivity index (χ1n) is 8.58. The first-order chi connectivity index (χ1) is 12.2. The van der Waals surface area contributed by atoms with Gasteiger partial charge in [-0.2, -0.15) is 0 Å². The normalized spacial score (nSPS) is 20.3. The summed E-state index contributed by atoms with van der Waals surface area (Å²) in [6, 6.07) is 13.4. The van der Waals surface area contributed by atoms with Crippen molar-refractivity contribution in [1.29, 1.82) is 0 Å². The fourth-order valence-electron chi connectivity index (χ4n) is 3.72. The zero-order valence-electron chi connectivity index (χ0n) is 13.9. The molecule has 1 saturated heterocycles. The van der Waals surface area contributed by atoms with Gasteiger partial charge in [0.05, 0.1) is 11.6 Å². The Hall–Kier alpha value is -1.91. The minimum atomic E-state index is -0.384. The second-order valence-corrected chi connectivity index (χ2v) is 7.14. The molecule has 0 aromatic heterocycles. The molecule has 0 bridgehead atoms. The molecule has 2 heterocycles. The fraction of sp³-hybridized carbons (Fsp3) is 0.350.